The van der Waals surface area contributed by atoms with E-state index in [9.17, 15) is 0 Å². The standard InChI is InChI=1S/C16H12Cl3N2/c1-9-6-15(19)20-16-11(9)7-10(21(16)2)8-12-13(17)4-3-5-14(12)18/h3-4,6-7H,8H2,1-2H3. The Hall–Kier alpha value is -1.22. The summed E-state index contributed by atoms with van der Waals surface area (Å²) in [5.74, 6) is 0. The maximum atomic E-state index is 6.24. The largest absolute Gasteiger partial charge is 0.332 e. The molecule has 107 valence electrons. The van der Waals surface area contributed by atoms with E-state index in [0.717, 1.165) is 27.9 Å². The van der Waals surface area contributed by atoms with Crippen molar-refractivity contribution in [1.82, 2.24) is 9.55 Å². The lowest BCUT2D eigenvalue weighted by atomic mass is 10.1. The zero-order chi connectivity index (χ0) is 15.1. The summed E-state index contributed by atoms with van der Waals surface area (Å²) in [6.45, 7) is 2.02. The van der Waals surface area contributed by atoms with E-state index < -0.39 is 0 Å². The topological polar surface area (TPSA) is 17.8 Å². The van der Waals surface area contributed by atoms with Crippen molar-refractivity contribution in [1.29, 1.82) is 0 Å². The van der Waals surface area contributed by atoms with Crippen LogP contribution in [0.5, 0.6) is 0 Å². The molecule has 3 rings (SSSR count). The molecule has 0 saturated heterocycles. The highest BCUT2D eigenvalue weighted by molar-refractivity contribution is 6.35. The monoisotopic (exact) mass is 337 g/mol. The van der Waals surface area contributed by atoms with Crippen molar-refractivity contribution >= 4 is 45.8 Å². The first-order valence-corrected chi connectivity index (χ1v) is 7.56. The lowest BCUT2D eigenvalue weighted by Gasteiger charge is -2.08. The average Bonchev–Trinajstić information content (AvgIpc) is 2.72. The van der Waals surface area contributed by atoms with Crippen LogP contribution < -0.4 is 0 Å². The molecule has 2 heterocycles. The molecule has 0 atom stereocenters. The van der Waals surface area contributed by atoms with Crippen LogP contribution in [0.2, 0.25) is 15.2 Å². The highest BCUT2D eigenvalue weighted by atomic mass is 35.5. The molecule has 1 radical (unpaired) electrons. The van der Waals surface area contributed by atoms with Crippen LogP contribution in [0, 0.1) is 13.0 Å². The summed E-state index contributed by atoms with van der Waals surface area (Å²) in [5, 5.41) is 2.78. The number of aromatic nitrogens is 2. The molecule has 0 amide bonds. The van der Waals surface area contributed by atoms with Gasteiger partial charge in [-0.3, -0.25) is 0 Å². The number of rotatable bonds is 2. The Morgan fingerprint density at radius 2 is 2.00 bits per heavy atom. The van der Waals surface area contributed by atoms with Crippen molar-refractivity contribution in [3.05, 3.63) is 62.4 Å². The van der Waals surface area contributed by atoms with E-state index in [0.29, 0.717) is 21.6 Å². The molecular formula is C16H12Cl3N2. The van der Waals surface area contributed by atoms with Gasteiger partial charge in [0.25, 0.3) is 0 Å². The molecule has 0 spiro atoms. The molecule has 0 bridgehead atoms. The van der Waals surface area contributed by atoms with Gasteiger partial charge in [-0.1, -0.05) is 40.9 Å². The first kappa shape index (κ1) is 14.7. The average molecular weight is 339 g/mol. The smallest absolute Gasteiger partial charge is 0.141 e. The highest BCUT2D eigenvalue weighted by Gasteiger charge is 2.13. The van der Waals surface area contributed by atoms with Crippen molar-refractivity contribution in [2.45, 2.75) is 13.3 Å². The van der Waals surface area contributed by atoms with Crippen LogP contribution in [-0.4, -0.2) is 9.55 Å². The van der Waals surface area contributed by atoms with E-state index in [2.05, 4.69) is 17.1 Å². The van der Waals surface area contributed by atoms with Gasteiger partial charge in [-0.15, -0.1) is 0 Å². The van der Waals surface area contributed by atoms with Crippen molar-refractivity contribution in [3.8, 4) is 0 Å². The van der Waals surface area contributed by atoms with Gasteiger partial charge in [-0.25, -0.2) is 4.98 Å². The summed E-state index contributed by atoms with van der Waals surface area (Å²) < 4.78 is 2.02. The summed E-state index contributed by atoms with van der Waals surface area (Å²) in [5.41, 5.74) is 3.91. The van der Waals surface area contributed by atoms with Crippen LogP contribution in [0.15, 0.2) is 24.3 Å². The van der Waals surface area contributed by atoms with Crippen molar-refractivity contribution in [2.24, 2.45) is 7.05 Å². The van der Waals surface area contributed by atoms with E-state index in [-0.39, 0.29) is 0 Å². The van der Waals surface area contributed by atoms with Gasteiger partial charge < -0.3 is 4.57 Å². The van der Waals surface area contributed by atoms with Gasteiger partial charge in [0.15, 0.2) is 0 Å². The SMILES string of the molecule is Cc1cc(Cl)nc2c1cc(Cc1c(Cl)[c]ccc1Cl)n2C. The van der Waals surface area contributed by atoms with Crippen LogP contribution in [-0.2, 0) is 13.5 Å². The Labute approximate surface area is 138 Å². The molecular weight excluding hydrogens is 327 g/mol. The molecule has 2 aromatic heterocycles. The first-order chi connectivity index (χ1) is 9.97. The number of hydrogen-bond acceptors (Lipinski definition) is 1. The zero-order valence-corrected chi connectivity index (χ0v) is 13.8. The Balaban J connectivity index is 2.14. The van der Waals surface area contributed by atoms with Gasteiger partial charge in [0.2, 0.25) is 0 Å². The van der Waals surface area contributed by atoms with Crippen LogP contribution in [0.3, 0.4) is 0 Å². The maximum Gasteiger partial charge on any atom is 0.141 e. The van der Waals surface area contributed by atoms with E-state index in [4.69, 9.17) is 34.8 Å². The fourth-order valence-corrected chi connectivity index (χ4v) is 3.20. The number of benzene rings is 1. The lowest BCUT2D eigenvalue weighted by Crippen LogP contribution is -1.99. The number of halogens is 3. The third-order valence-corrected chi connectivity index (χ3v) is 4.51. The quantitative estimate of drug-likeness (QED) is 0.585. The molecule has 0 fully saturated rings. The van der Waals surface area contributed by atoms with E-state index in [1.54, 1.807) is 12.1 Å². The maximum absolute atomic E-state index is 6.24. The second kappa shape index (κ2) is 5.53. The lowest BCUT2D eigenvalue weighted by molar-refractivity contribution is 0.868. The van der Waals surface area contributed by atoms with Crippen molar-refractivity contribution in [3.63, 3.8) is 0 Å². The molecule has 0 aliphatic heterocycles. The van der Waals surface area contributed by atoms with Crippen LogP contribution in [0.4, 0.5) is 0 Å². The summed E-state index contributed by atoms with van der Waals surface area (Å²) in [6, 6.07) is 10.5. The second-order valence-corrected chi connectivity index (χ2v) is 6.16. The Bertz CT molecular complexity index is 817. The summed E-state index contributed by atoms with van der Waals surface area (Å²) in [6.07, 6.45) is 0.624. The summed E-state index contributed by atoms with van der Waals surface area (Å²) in [7, 11) is 1.97. The molecule has 21 heavy (non-hydrogen) atoms. The highest BCUT2D eigenvalue weighted by Crippen LogP contribution is 2.29. The summed E-state index contributed by atoms with van der Waals surface area (Å²) >= 11 is 18.5. The van der Waals surface area contributed by atoms with Gasteiger partial charge in [0.05, 0.1) is 5.02 Å². The molecule has 5 heteroatoms. The molecule has 0 unspecified atom stereocenters. The molecule has 0 aliphatic carbocycles. The minimum atomic E-state index is 0.497. The minimum absolute atomic E-state index is 0.497. The molecule has 0 aliphatic rings. The fourth-order valence-electron chi connectivity index (χ4n) is 2.45. The third-order valence-electron chi connectivity index (χ3n) is 3.62. The minimum Gasteiger partial charge on any atom is -0.332 e. The summed E-state index contributed by atoms with van der Waals surface area (Å²) in [4.78, 5) is 4.40. The molecule has 2 nitrogen and oxygen atoms in total. The van der Waals surface area contributed by atoms with Gasteiger partial charge >= 0.3 is 0 Å². The Kier molecular flexibility index (Phi) is 3.87. The predicted molar refractivity (Wildman–Crippen MR) is 88.6 cm³/mol. The third kappa shape index (κ3) is 2.64. The van der Waals surface area contributed by atoms with E-state index in [1.165, 1.54) is 0 Å². The molecule has 0 saturated carbocycles. The normalized spacial score (nSPS) is 11.3. The molecule has 1 aromatic carbocycles. The van der Waals surface area contributed by atoms with Gasteiger partial charge in [-0.2, -0.15) is 0 Å². The Morgan fingerprint density at radius 1 is 1.24 bits per heavy atom. The van der Waals surface area contributed by atoms with Gasteiger partial charge in [0, 0.05) is 35.6 Å². The first-order valence-electron chi connectivity index (χ1n) is 6.43. The predicted octanol–water partition coefficient (Wildman–Crippen LogP) is 5.23. The van der Waals surface area contributed by atoms with Crippen molar-refractivity contribution in [2.75, 3.05) is 0 Å². The second-order valence-electron chi connectivity index (χ2n) is 4.99. The van der Waals surface area contributed by atoms with E-state index >= 15 is 0 Å². The van der Waals surface area contributed by atoms with Gasteiger partial charge in [0.1, 0.15) is 10.8 Å². The van der Waals surface area contributed by atoms with E-state index in [1.807, 2.05) is 24.6 Å². The fraction of sp³-hybridized carbons (Fsp3) is 0.188. The number of pyridine rings is 1. The number of fused-ring (bicyclic) bond motifs is 1. The van der Waals surface area contributed by atoms with Crippen LogP contribution >= 0.6 is 34.8 Å². The zero-order valence-electron chi connectivity index (χ0n) is 11.5. The van der Waals surface area contributed by atoms with Gasteiger partial charge in [-0.05, 0) is 36.2 Å². The van der Waals surface area contributed by atoms with Crippen LogP contribution in [0.25, 0.3) is 11.0 Å². The van der Waals surface area contributed by atoms with Crippen molar-refractivity contribution < 1.29 is 0 Å². The number of nitrogens with zero attached hydrogens (tertiary/aromatic N) is 2. The Morgan fingerprint density at radius 3 is 2.71 bits per heavy atom. The molecule has 3 aromatic rings. The number of hydrogen-bond donors (Lipinski definition) is 0. The van der Waals surface area contributed by atoms with Crippen LogP contribution in [0.1, 0.15) is 16.8 Å². The molecule has 0 N–H and O–H groups in total. The number of aryl methyl sites for hydroxylation is 2.